The van der Waals surface area contributed by atoms with E-state index in [-0.39, 0.29) is 30.7 Å². The molecule has 0 saturated carbocycles. The third kappa shape index (κ3) is 5.34. The Hall–Kier alpha value is -3.42. The van der Waals surface area contributed by atoms with E-state index in [0.29, 0.717) is 24.3 Å². The Bertz CT molecular complexity index is 1040. The molecule has 158 valence electrons. The highest BCUT2D eigenvalue weighted by Gasteiger charge is 2.18. The van der Waals surface area contributed by atoms with Gasteiger partial charge in [0.15, 0.2) is 13.2 Å². The van der Waals surface area contributed by atoms with Crippen molar-refractivity contribution in [3.63, 3.8) is 0 Å². The van der Waals surface area contributed by atoms with Crippen molar-refractivity contribution in [1.29, 1.82) is 0 Å². The summed E-state index contributed by atoms with van der Waals surface area (Å²) in [6, 6.07) is 9.68. The zero-order valence-corrected chi connectivity index (χ0v) is 17.1. The summed E-state index contributed by atoms with van der Waals surface area (Å²) in [7, 11) is 0. The number of carbonyl (C=O) groups excluding carboxylic acids is 2. The van der Waals surface area contributed by atoms with Crippen molar-refractivity contribution in [2.75, 3.05) is 13.2 Å². The number of aromatic nitrogens is 2. The van der Waals surface area contributed by atoms with E-state index >= 15 is 0 Å². The van der Waals surface area contributed by atoms with Gasteiger partial charge in [0, 0.05) is 29.6 Å². The molecule has 30 heavy (non-hydrogen) atoms. The lowest BCUT2D eigenvalue weighted by Gasteiger charge is -2.10. The van der Waals surface area contributed by atoms with Gasteiger partial charge in [0.2, 0.25) is 5.78 Å². The molecule has 0 aliphatic heterocycles. The average molecular weight is 414 g/mol. The van der Waals surface area contributed by atoms with Crippen molar-refractivity contribution >= 4 is 11.8 Å². The molecule has 2 aromatic heterocycles. The molecule has 0 saturated heterocycles. The first kappa shape index (κ1) is 21.3. The van der Waals surface area contributed by atoms with Crippen LogP contribution in [0, 0.1) is 26.6 Å². The molecule has 8 heteroatoms. The molecule has 2 heterocycles. The Balaban J connectivity index is 1.53. The summed E-state index contributed by atoms with van der Waals surface area (Å²) >= 11 is 0. The molecule has 3 rings (SSSR count). The lowest BCUT2D eigenvalue weighted by Crippen LogP contribution is -2.20. The van der Waals surface area contributed by atoms with Gasteiger partial charge in [-0.25, -0.2) is 9.18 Å². The highest BCUT2D eigenvalue weighted by molar-refractivity contribution is 5.99. The molecule has 0 bridgehead atoms. The molecule has 0 fully saturated rings. The van der Waals surface area contributed by atoms with Gasteiger partial charge in [-0.05, 0) is 56.1 Å². The number of hydrogen-bond donors (Lipinski definition) is 0. The SMILES string of the molecule is Cc1cc(OCC(=O)OCC(=O)c2cc(C)n(CCc3ccc(F)cc3)c2C)no1. The standard InChI is InChI=1S/C22H23FN2O5/c1-14-10-19(16(3)25(14)9-8-17-4-6-18(23)7-5-17)20(26)12-29-22(27)13-28-21-11-15(2)30-24-21/h4-7,10-11H,8-9,12-13H2,1-3H3. The van der Waals surface area contributed by atoms with Crippen LogP contribution in [0.15, 0.2) is 40.9 Å². The summed E-state index contributed by atoms with van der Waals surface area (Å²) in [5.41, 5.74) is 3.24. The first-order valence-electron chi connectivity index (χ1n) is 9.49. The van der Waals surface area contributed by atoms with Crippen LogP contribution in [0.1, 0.15) is 33.1 Å². The smallest absolute Gasteiger partial charge is 0.344 e. The van der Waals surface area contributed by atoms with Gasteiger partial charge in [-0.1, -0.05) is 12.1 Å². The summed E-state index contributed by atoms with van der Waals surface area (Å²) in [5.74, 6) is -0.490. The largest absolute Gasteiger partial charge is 0.463 e. The molecule has 0 N–H and O–H groups in total. The molecular formula is C22H23FN2O5. The second-order valence-corrected chi connectivity index (χ2v) is 6.96. The molecule has 0 aliphatic carbocycles. The summed E-state index contributed by atoms with van der Waals surface area (Å²) in [4.78, 5) is 24.3. The summed E-state index contributed by atoms with van der Waals surface area (Å²) in [5, 5.41) is 3.60. The molecule has 0 amide bonds. The molecule has 0 atom stereocenters. The number of hydrogen-bond acceptors (Lipinski definition) is 6. The van der Waals surface area contributed by atoms with Gasteiger partial charge in [0.1, 0.15) is 11.6 Å². The summed E-state index contributed by atoms with van der Waals surface area (Å²) in [6.07, 6.45) is 0.706. The number of nitrogens with zero attached hydrogens (tertiary/aromatic N) is 2. The molecule has 7 nitrogen and oxygen atoms in total. The number of rotatable bonds is 9. The topological polar surface area (TPSA) is 83.6 Å². The number of aryl methyl sites for hydroxylation is 3. The Morgan fingerprint density at radius 3 is 2.50 bits per heavy atom. The monoisotopic (exact) mass is 414 g/mol. The van der Waals surface area contributed by atoms with Gasteiger partial charge in [-0.3, -0.25) is 4.79 Å². The minimum atomic E-state index is -0.672. The normalized spacial score (nSPS) is 10.8. The lowest BCUT2D eigenvalue weighted by atomic mass is 10.1. The molecule has 0 aliphatic rings. The number of esters is 1. The highest BCUT2D eigenvalue weighted by atomic mass is 19.1. The fraction of sp³-hybridized carbons (Fsp3) is 0.318. The molecule has 0 unspecified atom stereocenters. The molecule has 0 spiro atoms. The fourth-order valence-corrected chi connectivity index (χ4v) is 3.13. The number of Topliss-reactive ketones (excluding diaryl/α,β-unsaturated/α-hetero) is 1. The zero-order valence-electron chi connectivity index (χ0n) is 17.1. The molecule has 3 aromatic rings. The van der Waals surface area contributed by atoms with Crippen LogP contribution < -0.4 is 4.74 Å². The van der Waals surface area contributed by atoms with Crippen molar-refractivity contribution in [2.24, 2.45) is 0 Å². The van der Waals surface area contributed by atoms with E-state index in [1.165, 1.54) is 12.1 Å². The predicted octanol–water partition coefficient (Wildman–Crippen LogP) is 3.59. The number of ether oxygens (including phenoxy) is 2. The Labute approximate surface area is 173 Å². The van der Waals surface area contributed by atoms with E-state index in [9.17, 15) is 14.0 Å². The summed E-state index contributed by atoms with van der Waals surface area (Å²) in [6.45, 7) is 5.38. The van der Waals surface area contributed by atoms with Crippen molar-refractivity contribution < 1.29 is 28.0 Å². The third-order valence-electron chi connectivity index (χ3n) is 4.72. The van der Waals surface area contributed by atoms with E-state index in [4.69, 9.17) is 14.0 Å². The van der Waals surface area contributed by atoms with Crippen LogP contribution in [-0.4, -0.2) is 34.7 Å². The number of carbonyl (C=O) groups is 2. The van der Waals surface area contributed by atoms with Crippen LogP contribution >= 0.6 is 0 Å². The molecule has 0 radical (unpaired) electrons. The van der Waals surface area contributed by atoms with Gasteiger partial charge in [-0.2, -0.15) is 0 Å². The van der Waals surface area contributed by atoms with E-state index in [1.54, 1.807) is 31.2 Å². The van der Waals surface area contributed by atoms with E-state index in [1.807, 2.05) is 18.4 Å². The second-order valence-electron chi connectivity index (χ2n) is 6.96. The zero-order chi connectivity index (χ0) is 21.7. The van der Waals surface area contributed by atoms with Gasteiger partial charge >= 0.3 is 5.97 Å². The van der Waals surface area contributed by atoms with E-state index in [2.05, 4.69) is 5.16 Å². The van der Waals surface area contributed by atoms with Crippen LogP contribution in [0.5, 0.6) is 5.88 Å². The quantitative estimate of drug-likeness (QED) is 0.393. The Morgan fingerprint density at radius 2 is 1.83 bits per heavy atom. The van der Waals surface area contributed by atoms with Gasteiger partial charge in [-0.15, -0.1) is 0 Å². The predicted molar refractivity (Wildman–Crippen MR) is 106 cm³/mol. The lowest BCUT2D eigenvalue weighted by molar-refractivity contribution is -0.144. The van der Waals surface area contributed by atoms with Crippen molar-refractivity contribution in [3.05, 3.63) is 70.5 Å². The number of benzene rings is 1. The van der Waals surface area contributed by atoms with Gasteiger partial charge < -0.3 is 18.6 Å². The average Bonchev–Trinajstić information content (AvgIpc) is 3.26. The van der Waals surface area contributed by atoms with Crippen LogP contribution in [0.3, 0.4) is 0 Å². The highest BCUT2D eigenvalue weighted by Crippen LogP contribution is 2.17. The van der Waals surface area contributed by atoms with Crippen LogP contribution in [0.4, 0.5) is 4.39 Å². The Morgan fingerprint density at radius 1 is 1.10 bits per heavy atom. The van der Waals surface area contributed by atoms with E-state index in [0.717, 1.165) is 17.0 Å². The van der Waals surface area contributed by atoms with Crippen LogP contribution in [0.2, 0.25) is 0 Å². The van der Waals surface area contributed by atoms with Crippen molar-refractivity contribution in [1.82, 2.24) is 9.72 Å². The first-order chi connectivity index (χ1) is 14.3. The van der Waals surface area contributed by atoms with Gasteiger partial charge in [0.05, 0.1) is 0 Å². The van der Waals surface area contributed by atoms with Crippen molar-refractivity contribution in [2.45, 2.75) is 33.7 Å². The number of halogens is 1. The maximum absolute atomic E-state index is 13.0. The van der Waals surface area contributed by atoms with E-state index < -0.39 is 5.97 Å². The number of ketones is 1. The first-order valence-corrected chi connectivity index (χ1v) is 9.49. The fourth-order valence-electron chi connectivity index (χ4n) is 3.13. The minimum absolute atomic E-state index is 0.181. The second kappa shape index (κ2) is 9.39. The molecule has 1 aromatic carbocycles. The van der Waals surface area contributed by atoms with Crippen LogP contribution in [-0.2, 0) is 22.5 Å². The Kier molecular flexibility index (Phi) is 6.66. The maximum Gasteiger partial charge on any atom is 0.344 e. The van der Waals surface area contributed by atoms with Crippen molar-refractivity contribution in [3.8, 4) is 5.88 Å². The summed E-state index contributed by atoms with van der Waals surface area (Å²) < 4.78 is 30.0. The van der Waals surface area contributed by atoms with Crippen LogP contribution in [0.25, 0.3) is 0 Å². The molecular weight excluding hydrogens is 391 g/mol. The third-order valence-corrected chi connectivity index (χ3v) is 4.72. The van der Waals surface area contributed by atoms with Gasteiger partial charge in [0.25, 0.3) is 5.88 Å². The maximum atomic E-state index is 13.0. The minimum Gasteiger partial charge on any atom is -0.463 e.